The second-order valence-corrected chi connectivity index (χ2v) is 11.3. The van der Waals surface area contributed by atoms with E-state index in [0.717, 1.165) is 39.0 Å². The molecule has 1 aliphatic heterocycles. The number of amides is 2. The number of carbonyl (C=O) groups is 2. The normalized spacial score (nSPS) is 15.0. The van der Waals surface area contributed by atoms with Gasteiger partial charge in [-0.3, -0.25) is 24.3 Å². The Kier molecular flexibility index (Phi) is 7.78. The van der Waals surface area contributed by atoms with Gasteiger partial charge in [0, 0.05) is 58.2 Å². The molecule has 0 spiro atoms. The summed E-state index contributed by atoms with van der Waals surface area (Å²) in [5.74, 6) is -0.424. The molecule has 0 atom stereocenters. The second-order valence-electron chi connectivity index (χ2n) is 11.3. The minimum Gasteiger partial charge on any atom is -0.313 e. The van der Waals surface area contributed by atoms with Crippen LogP contribution < -0.4 is 15.4 Å². The van der Waals surface area contributed by atoms with Crippen LogP contribution in [0.5, 0.6) is 0 Å². The smallest absolute Gasteiger partial charge is 0.251 e. The minimum absolute atomic E-state index is 0.0293. The van der Waals surface area contributed by atoms with E-state index in [1.807, 2.05) is 72.3 Å². The number of para-hydroxylation sites is 1. The summed E-state index contributed by atoms with van der Waals surface area (Å²) in [6.45, 7) is 10.2. The van der Waals surface area contributed by atoms with Crippen molar-refractivity contribution in [1.29, 1.82) is 0 Å². The Labute approximate surface area is 240 Å². The van der Waals surface area contributed by atoms with Crippen LogP contribution in [0.1, 0.15) is 37.5 Å². The van der Waals surface area contributed by atoms with Crippen molar-refractivity contribution in [2.75, 3.05) is 29.9 Å². The SMILES string of the molecule is CCN1C(=O)C(C)(C)C(=O)N(C)c2cc(CN(CCn3c(=O)ccc4ccccc43)Cc3cnccc3C)ccc21. The standard InChI is InChI=1S/C33H37N5O3/c1-6-37-28-13-11-24(19-29(28)35(5)31(40)33(3,4)32(37)41)21-36(22-26-20-34-16-15-23(26)2)17-18-38-27-10-8-7-9-25(27)12-14-30(38)39/h7-16,19-20H,6,17-18,21-22H2,1-5H3. The van der Waals surface area contributed by atoms with Crippen molar-refractivity contribution < 1.29 is 9.59 Å². The lowest BCUT2D eigenvalue weighted by Gasteiger charge is -2.27. The van der Waals surface area contributed by atoms with Crippen LogP contribution in [0, 0.1) is 12.3 Å². The summed E-state index contributed by atoms with van der Waals surface area (Å²) < 4.78 is 1.83. The average molecular weight is 552 g/mol. The topological polar surface area (TPSA) is 78.8 Å². The van der Waals surface area contributed by atoms with E-state index < -0.39 is 5.41 Å². The number of nitrogens with zero attached hydrogens (tertiary/aromatic N) is 5. The van der Waals surface area contributed by atoms with Crippen LogP contribution in [0.15, 0.2) is 77.9 Å². The van der Waals surface area contributed by atoms with Gasteiger partial charge in [0.15, 0.2) is 0 Å². The Morgan fingerprint density at radius 3 is 2.44 bits per heavy atom. The number of aryl methyl sites for hydroxylation is 1. The van der Waals surface area contributed by atoms with Gasteiger partial charge in [-0.05, 0) is 80.1 Å². The molecule has 0 aliphatic carbocycles. The molecule has 2 amide bonds. The van der Waals surface area contributed by atoms with Gasteiger partial charge in [0.25, 0.3) is 5.56 Å². The molecule has 8 heteroatoms. The maximum Gasteiger partial charge on any atom is 0.251 e. The largest absolute Gasteiger partial charge is 0.313 e. The van der Waals surface area contributed by atoms with Gasteiger partial charge in [-0.2, -0.15) is 0 Å². The van der Waals surface area contributed by atoms with Gasteiger partial charge in [0.2, 0.25) is 11.8 Å². The summed E-state index contributed by atoms with van der Waals surface area (Å²) in [7, 11) is 1.74. The molecule has 1 aliphatic rings. The first kappa shape index (κ1) is 28.2. The van der Waals surface area contributed by atoms with E-state index in [0.29, 0.717) is 32.7 Å². The molecule has 41 heavy (non-hydrogen) atoms. The van der Waals surface area contributed by atoms with Crippen molar-refractivity contribution in [3.05, 3.63) is 100 Å². The van der Waals surface area contributed by atoms with E-state index in [1.54, 1.807) is 43.0 Å². The van der Waals surface area contributed by atoms with E-state index in [9.17, 15) is 14.4 Å². The predicted octanol–water partition coefficient (Wildman–Crippen LogP) is 4.76. The van der Waals surface area contributed by atoms with Gasteiger partial charge in [0.05, 0.1) is 16.9 Å². The quantitative estimate of drug-likeness (QED) is 0.295. The highest BCUT2D eigenvalue weighted by Crippen LogP contribution is 2.39. The molecule has 0 fully saturated rings. The monoisotopic (exact) mass is 551 g/mol. The number of hydrogen-bond acceptors (Lipinski definition) is 5. The highest BCUT2D eigenvalue weighted by molar-refractivity contribution is 6.19. The van der Waals surface area contributed by atoms with Gasteiger partial charge >= 0.3 is 0 Å². The molecule has 8 nitrogen and oxygen atoms in total. The summed E-state index contributed by atoms with van der Waals surface area (Å²) in [6, 6.07) is 19.4. The average Bonchev–Trinajstić information content (AvgIpc) is 3.02. The second kappa shape index (κ2) is 11.3. The fourth-order valence-corrected chi connectivity index (χ4v) is 5.64. The van der Waals surface area contributed by atoms with Gasteiger partial charge in [0.1, 0.15) is 5.41 Å². The summed E-state index contributed by atoms with van der Waals surface area (Å²) in [5.41, 5.74) is 4.46. The summed E-state index contributed by atoms with van der Waals surface area (Å²) in [4.78, 5) is 49.5. The van der Waals surface area contributed by atoms with Crippen molar-refractivity contribution in [2.45, 2.75) is 47.3 Å². The van der Waals surface area contributed by atoms with Crippen LogP contribution in [0.3, 0.4) is 0 Å². The van der Waals surface area contributed by atoms with Crippen molar-refractivity contribution >= 4 is 34.1 Å². The number of benzene rings is 2. The van der Waals surface area contributed by atoms with Gasteiger partial charge in [-0.15, -0.1) is 0 Å². The number of anilines is 2. The van der Waals surface area contributed by atoms with E-state index in [2.05, 4.69) is 16.8 Å². The van der Waals surface area contributed by atoms with Gasteiger partial charge in [-0.25, -0.2) is 0 Å². The van der Waals surface area contributed by atoms with Gasteiger partial charge in [-0.1, -0.05) is 24.3 Å². The number of hydrogen-bond donors (Lipinski definition) is 0. The number of fused-ring (bicyclic) bond motifs is 2. The molecular weight excluding hydrogens is 514 g/mol. The van der Waals surface area contributed by atoms with Crippen LogP contribution in [-0.4, -0.2) is 46.4 Å². The highest BCUT2D eigenvalue weighted by atomic mass is 16.2. The van der Waals surface area contributed by atoms with Crippen LogP contribution in [-0.2, 0) is 29.2 Å². The number of carbonyl (C=O) groups excluding carboxylic acids is 2. The summed E-state index contributed by atoms with van der Waals surface area (Å²) in [5, 5.41) is 1.03. The van der Waals surface area contributed by atoms with Crippen molar-refractivity contribution in [2.24, 2.45) is 5.41 Å². The molecule has 0 N–H and O–H groups in total. The Hall–Kier alpha value is -4.30. The van der Waals surface area contributed by atoms with E-state index in [-0.39, 0.29) is 17.4 Å². The van der Waals surface area contributed by atoms with Crippen molar-refractivity contribution in [3.8, 4) is 0 Å². The third-order valence-electron chi connectivity index (χ3n) is 8.11. The lowest BCUT2D eigenvalue weighted by molar-refractivity contribution is -0.137. The first-order valence-corrected chi connectivity index (χ1v) is 14.0. The lowest BCUT2D eigenvalue weighted by Crippen LogP contribution is -2.47. The predicted molar refractivity (Wildman–Crippen MR) is 163 cm³/mol. The fraction of sp³-hybridized carbons (Fsp3) is 0.333. The van der Waals surface area contributed by atoms with Crippen LogP contribution >= 0.6 is 0 Å². The van der Waals surface area contributed by atoms with Crippen LogP contribution in [0.2, 0.25) is 0 Å². The Morgan fingerprint density at radius 2 is 1.68 bits per heavy atom. The van der Waals surface area contributed by atoms with Crippen LogP contribution in [0.4, 0.5) is 11.4 Å². The molecule has 0 saturated carbocycles. The number of rotatable bonds is 8. The molecule has 0 bridgehead atoms. The molecule has 212 valence electrons. The summed E-state index contributed by atoms with van der Waals surface area (Å²) >= 11 is 0. The van der Waals surface area contributed by atoms with Gasteiger partial charge < -0.3 is 14.4 Å². The van der Waals surface area contributed by atoms with E-state index >= 15 is 0 Å². The number of aromatic nitrogens is 2. The third-order valence-corrected chi connectivity index (χ3v) is 8.11. The molecule has 3 heterocycles. The fourth-order valence-electron chi connectivity index (χ4n) is 5.64. The molecule has 0 radical (unpaired) electrons. The van der Waals surface area contributed by atoms with E-state index in [1.165, 1.54) is 0 Å². The summed E-state index contributed by atoms with van der Waals surface area (Å²) in [6.07, 6.45) is 3.68. The molecule has 0 saturated heterocycles. The van der Waals surface area contributed by atoms with Crippen molar-refractivity contribution in [3.63, 3.8) is 0 Å². The maximum absolute atomic E-state index is 13.3. The minimum atomic E-state index is -1.15. The molecule has 2 aromatic carbocycles. The Balaban J connectivity index is 1.49. The molecule has 4 aromatic rings. The zero-order valence-corrected chi connectivity index (χ0v) is 24.4. The maximum atomic E-state index is 13.3. The Morgan fingerprint density at radius 1 is 0.902 bits per heavy atom. The lowest BCUT2D eigenvalue weighted by atomic mass is 9.90. The van der Waals surface area contributed by atoms with Crippen molar-refractivity contribution in [1.82, 2.24) is 14.5 Å². The van der Waals surface area contributed by atoms with E-state index in [4.69, 9.17) is 0 Å². The highest BCUT2D eigenvalue weighted by Gasteiger charge is 2.45. The zero-order valence-electron chi connectivity index (χ0n) is 24.4. The third kappa shape index (κ3) is 5.39. The molecule has 5 rings (SSSR count). The molecule has 2 aromatic heterocycles. The Bertz CT molecular complexity index is 1680. The first-order valence-electron chi connectivity index (χ1n) is 14.0. The molecule has 0 unspecified atom stereocenters. The number of pyridine rings is 2. The first-order chi connectivity index (χ1) is 19.6. The van der Waals surface area contributed by atoms with Crippen LogP contribution in [0.25, 0.3) is 10.9 Å². The zero-order chi connectivity index (χ0) is 29.3. The molecular formula is C33H37N5O3.